The number of amides is 3. The van der Waals surface area contributed by atoms with Gasteiger partial charge in [-0.1, -0.05) is 18.2 Å². The van der Waals surface area contributed by atoms with Gasteiger partial charge in [-0.3, -0.25) is 4.79 Å². The van der Waals surface area contributed by atoms with E-state index in [-0.39, 0.29) is 11.9 Å². The third-order valence-electron chi connectivity index (χ3n) is 3.63. The molecule has 0 fully saturated rings. The van der Waals surface area contributed by atoms with Crippen LogP contribution in [0.1, 0.15) is 25.6 Å². The number of hydrogen-bond donors (Lipinski definition) is 2. The molecule has 0 aliphatic rings. The van der Waals surface area contributed by atoms with Gasteiger partial charge in [0.2, 0.25) is 5.91 Å². The molecular weight excluding hydrogens is 294 g/mol. The summed E-state index contributed by atoms with van der Waals surface area (Å²) in [4.78, 5) is 25.9. The van der Waals surface area contributed by atoms with Crippen LogP contribution in [-0.4, -0.2) is 29.9 Å². The van der Waals surface area contributed by atoms with E-state index in [1.54, 1.807) is 43.3 Å². The highest BCUT2D eigenvalue weighted by Crippen LogP contribution is 2.19. The lowest BCUT2D eigenvalue weighted by atomic mass is 10.2. The van der Waals surface area contributed by atoms with Crippen molar-refractivity contribution in [3.63, 3.8) is 0 Å². The van der Waals surface area contributed by atoms with E-state index in [1.165, 1.54) is 0 Å². The Balaban J connectivity index is 1.90. The summed E-state index contributed by atoms with van der Waals surface area (Å²) in [7, 11) is 1.68. The first-order chi connectivity index (χ1) is 11.0. The minimum absolute atomic E-state index is 0.197. The van der Waals surface area contributed by atoms with Crippen molar-refractivity contribution >= 4 is 17.6 Å². The van der Waals surface area contributed by atoms with E-state index in [1.807, 2.05) is 31.2 Å². The van der Waals surface area contributed by atoms with E-state index in [2.05, 4.69) is 10.6 Å². The van der Waals surface area contributed by atoms with Crippen LogP contribution in [-0.2, 0) is 4.79 Å². The summed E-state index contributed by atoms with van der Waals surface area (Å²) in [6, 6.07) is 11.4. The lowest BCUT2D eigenvalue weighted by Gasteiger charge is -2.26. The Labute approximate surface area is 135 Å². The number of furan rings is 1. The average Bonchev–Trinajstić information content (AvgIpc) is 3.07. The Bertz CT molecular complexity index is 640. The molecule has 0 spiro atoms. The molecule has 0 aliphatic heterocycles. The maximum atomic E-state index is 12.4. The summed E-state index contributed by atoms with van der Waals surface area (Å²) in [6.07, 6.45) is 1.57. The molecule has 0 saturated heterocycles. The fraction of sp³-hybridized carbons (Fsp3) is 0.294. The molecule has 2 rings (SSSR count). The Morgan fingerprint density at radius 3 is 2.39 bits per heavy atom. The fourth-order valence-electron chi connectivity index (χ4n) is 2.16. The van der Waals surface area contributed by atoms with E-state index >= 15 is 0 Å². The molecule has 0 bridgehead atoms. The normalized spacial score (nSPS) is 13.0. The second-order valence-electron chi connectivity index (χ2n) is 5.33. The van der Waals surface area contributed by atoms with Gasteiger partial charge in [0.05, 0.1) is 12.3 Å². The topological polar surface area (TPSA) is 74.6 Å². The Morgan fingerprint density at radius 1 is 1.09 bits per heavy atom. The van der Waals surface area contributed by atoms with Crippen LogP contribution in [0.25, 0.3) is 0 Å². The van der Waals surface area contributed by atoms with Crippen molar-refractivity contribution in [2.45, 2.75) is 25.9 Å². The highest BCUT2D eigenvalue weighted by atomic mass is 16.3. The molecular formula is C17H21N3O3. The summed E-state index contributed by atoms with van der Waals surface area (Å²) in [6.45, 7) is 3.52. The van der Waals surface area contributed by atoms with E-state index in [4.69, 9.17) is 4.42 Å². The molecule has 122 valence electrons. The van der Waals surface area contributed by atoms with Gasteiger partial charge in [0.15, 0.2) is 0 Å². The van der Waals surface area contributed by atoms with Crippen molar-refractivity contribution in [1.29, 1.82) is 0 Å². The lowest BCUT2D eigenvalue weighted by Crippen LogP contribution is -2.47. The molecule has 6 nitrogen and oxygen atoms in total. The molecule has 0 saturated carbocycles. The molecule has 0 aliphatic carbocycles. The largest absolute Gasteiger partial charge is 0.467 e. The van der Waals surface area contributed by atoms with Crippen LogP contribution in [0, 0.1) is 0 Å². The molecule has 2 atom stereocenters. The zero-order valence-electron chi connectivity index (χ0n) is 13.4. The minimum atomic E-state index is -0.652. The first-order valence-corrected chi connectivity index (χ1v) is 7.41. The van der Waals surface area contributed by atoms with Crippen molar-refractivity contribution < 1.29 is 14.0 Å². The predicted octanol–water partition coefficient (Wildman–Crippen LogP) is 3.01. The minimum Gasteiger partial charge on any atom is -0.467 e. The monoisotopic (exact) mass is 315 g/mol. The zero-order chi connectivity index (χ0) is 16.8. The van der Waals surface area contributed by atoms with Gasteiger partial charge in [0.1, 0.15) is 11.8 Å². The molecule has 1 aromatic carbocycles. The molecule has 1 heterocycles. The first kappa shape index (κ1) is 16.6. The van der Waals surface area contributed by atoms with Gasteiger partial charge >= 0.3 is 6.03 Å². The van der Waals surface area contributed by atoms with E-state index in [0.717, 1.165) is 0 Å². The number of para-hydroxylation sites is 1. The maximum Gasteiger partial charge on any atom is 0.319 e. The SMILES string of the molecule is C[C@H](NC(=O)Nc1ccccc1)C(=O)N(C)[C@@H](C)c1ccco1. The summed E-state index contributed by atoms with van der Waals surface area (Å²) in [5.74, 6) is 0.499. The molecule has 6 heteroatoms. The average molecular weight is 315 g/mol. The highest BCUT2D eigenvalue weighted by Gasteiger charge is 2.25. The smallest absolute Gasteiger partial charge is 0.319 e. The summed E-state index contributed by atoms with van der Waals surface area (Å²) in [5.41, 5.74) is 0.668. The molecule has 0 radical (unpaired) electrons. The quantitative estimate of drug-likeness (QED) is 0.890. The standard InChI is InChI=1S/C17H21N3O3/c1-12(18-17(22)19-14-8-5-4-6-9-14)16(21)20(3)13(2)15-10-7-11-23-15/h4-13H,1-3H3,(H2,18,19,22)/t12-,13-/m0/s1. The number of carbonyl (C=O) groups is 2. The number of carbonyl (C=O) groups excluding carboxylic acids is 2. The number of rotatable bonds is 5. The molecule has 2 aromatic rings. The van der Waals surface area contributed by atoms with Crippen LogP contribution in [0.4, 0.5) is 10.5 Å². The Kier molecular flexibility index (Phi) is 5.41. The van der Waals surface area contributed by atoms with Crippen molar-refractivity contribution in [2.75, 3.05) is 12.4 Å². The second kappa shape index (κ2) is 7.49. The van der Waals surface area contributed by atoms with E-state index in [9.17, 15) is 9.59 Å². The van der Waals surface area contributed by atoms with Crippen LogP contribution in [0.5, 0.6) is 0 Å². The van der Waals surface area contributed by atoms with Crippen LogP contribution in [0.3, 0.4) is 0 Å². The Hall–Kier alpha value is -2.76. The number of nitrogens with one attached hydrogen (secondary N) is 2. The van der Waals surface area contributed by atoms with Gasteiger partial charge in [0, 0.05) is 12.7 Å². The summed E-state index contributed by atoms with van der Waals surface area (Å²) >= 11 is 0. The van der Waals surface area contributed by atoms with Crippen LogP contribution >= 0.6 is 0 Å². The van der Waals surface area contributed by atoms with E-state index in [0.29, 0.717) is 11.4 Å². The zero-order valence-corrected chi connectivity index (χ0v) is 13.4. The molecule has 2 N–H and O–H groups in total. The lowest BCUT2D eigenvalue weighted by molar-refractivity contribution is -0.133. The number of nitrogens with zero attached hydrogens (tertiary/aromatic N) is 1. The predicted molar refractivity (Wildman–Crippen MR) is 88.0 cm³/mol. The molecule has 23 heavy (non-hydrogen) atoms. The molecule has 3 amide bonds. The number of urea groups is 1. The number of hydrogen-bond acceptors (Lipinski definition) is 3. The van der Waals surface area contributed by atoms with Crippen molar-refractivity contribution in [3.8, 4) is 0 Å². The van der Waals surface area contributed by atoms with Crippen molar-refractivity contribution in [3.05, 3.63) is 54.5 Å². The second-order valence-corrected chi connectivity index (χ2v) is 5.33. The molecule has 0 unspecified atom stereocenters. The van der Waals surface area contributed by atoms with E-state index < -0.39 is 12.1 Å². The van der Waals surface area contributed by atoms with Gasteiger partial charge < -0.3 is 20.0 Å². The molecule has 1 aromatic heterocycles. The Morgan fingerprint density at radius 2 is 1.78 bits per heavy atom. The first-order valence-electron chi connectivity index (χ1n) is 7.41. The van der Waals surface area contributed by atoms with Gasteiger partial charge in [-0.25, -0.2) is 4.79 Å². The van der Waals surface area contributed by atoms with Crippen molar-refractivity contribution in [1.82, 2.24) is 10.2 Å². The van der Waals surface area contributed by atoms with Gasteiger partial charge in [0.25, 0.3) is 0 Å². The number of anilines is 1. The van der Waals surface area contributed by atoms with Crippen molar-refractivity contribution in [2.24, 2.45) is 0 Å². The number of benzene rings is 1. The number of likely N-dealkylation sites (N-methyl/N-ethyl adjacent to an activating group) is 1. The van der Waals surface area contributed by atoms with Crippen LogP contribution in [0.15, 0.2) is 53.1 Å². The van der Waals surface area contributed by atoms with Crippen LogP contribution in [0.2, 0.25) is 0 Å². The van der Waals surface area contributed by atoms with Gasteiger partial charge in [-0.2, -0.15) is 0 Å². The van der Waals surface area contributed by atoms with Crippen LogP contribution < -0.4 is 10.6 Å². The highest BCUT2D eigenvalue weighted by molar-refractivity contribution is 5.93. The fourth-order valence-corrected chi connectivity index (χ4v) is 2.16. The maximum absolute atomic E-state index is 12.4. The third kappa shape index (κ3) is 4.35. The van der Waals surface area contributed by atoms with Gasteiger partial charge in [-0.05, 0) is 38.1 Å². The summed E-state index contributed by atoms with van der Waals surface area (Å²) in [5, 5.41) is 5.32. The summed E-state index contributed by atoms with van der Waals surface area (Å²) < 4.78 is 5.31. The third-order valence-corrected chi connectivity index (χ3v) is 3.63. The van der Waals surface area contributed by atoms with Gasteiger partial charge in [-0.15, -0.1) is 0 Å².